The molecule has 2 nitrogen and oxygen atoms in total. The third kappa shape index (κ3) is 3.53. The van der Waals surface area contributed by atoms with E-state index >= 15 is 0 Å². The Labute approximate surface area is 108 Å². The summed E-state index contributed by atoms with van der Waals surface area (Å²) in [6.45, 7) is 0.607. The average molecular weight is 327 g/mol. The van der Waals surface area contributed by atoms with Crippen molar-refractivity contribution in [3.05, 3.63) is 28.8 Å². The van der Waals surface area contributed by atoms with Crippen LogP contribution in [0.3, 0.4) is 0 Å². The maximum atomic E-state index is 12.6. The fourth-order valence-corrected chi connectivity index (χ4v) is 2.20. The molecule has 1 aromatic carbocycles. The molecule has 108 valence electrons. The number of halogens is 7. The first-order chi connectivity index (χ1) is 8.24. The molecule has 0 aliphatic carbocycles. The van der Waals surface area contributed by atoms with Crippen LogP contribution in [0.2, 0.25) is 0 Å². The summed E-state index contributed by atoms with van der Waals surface area (Å²) in [5.74, 6) is 0. The van der Waals surface area contributed by atoms with Crippen LogP contribution in [0.15, 0.2) is 17.0 Å². The van der Waals surface area contributed by atoms with Gasteiger partial charge in [-0.15, -0.1) is 0 Å². The van der Waals surface area contributed by atoms with Crippen LogP contribution in [0.1, 0.15) is 16.7 Å². The van der Waals surface area contributed by atoms with Crippen LogP contribution in [0.4, 0.5) is 26.3 Å². The molecular formula is C9H5ClF6O2S. The number of rotatable bonds is 1. The smallest absolute Gasteiger partial charge is 0.207 e. The van der Waals surface area contributed by atoms with Gasteiger partial charge in [-0.1, -0.05) is 0 Å². The third-order valence-corrected chi connectivity index (χ3v) is 3.61. The van der Waals surface area contributed by atoms with Gasteiger partial charge in [0.1, 0.15) is 0 Å². The Kier molecular flexibility index (Phi) is 3.85. The van der Waals surface area contributed by atoms with Gasteiger partial charge in [0.25, 0.3) is 9.05 Å². The van der Waals surface area contributed by atoms with Crippen LogP contribution >= 0.6 is 10.7 Å². The van der Waals surface area contributed by atoms with Gasteiger partial charge in [0.15, 0.2) is 0 Å². The first-order valence-electron chi connectivity index (χ1n) is 4.48. The number of hydrogen-bond donors (Lipinski definition) is 0. The van der Waals surface area contributed by atoms with Crippen molar-refractivity contribution >= 4 is 19.7 Å². The van der Waals surface area contributed by atoms with Crippen molar-refractivity contribution in [2.24, 2.45) is 0 Å². The molecule has 0 spiro atoms. The van der Waals surface area contributed by atoms with E-state index in [0.717, 1.165) is 0 Å². The van der Waals surface area contributed by atoms with Crippen LogP contribution in [0.25, 0.3) is 0 Å². The van der Waals surface area contributed by atoms with Crippen molar-refractivity contribution in [2.75, 3.05) is 0 Å². The van der Waals surface area contributed by atoms with Crippen molar-refractivity contribution in [1.29, 1.82) is 0 Å². The Morgan fingerprint density at radius 2 is 1.26 bits per heavy atom. The van der Waals surface area contributed by atoms with Crippen LogP contribution in [-0.4, -0.2) is 8.42 Å². The van der Waals surface area contributed by atoms with E-state index in [-0.39, 0.29) is 12.1 Å². The lowest BCUT2D eigenvalue weighted by Gasteiger charge is -2.17. The minimum absolute atomic E-state index is 0.0763. The zero-order valence-electron chi connectivity index (χ0n) is 9.03. The molecule has 0 radical (unpaired) electrons. The molecule has 0 aliphatic rings. The second-order valence-electron chi connectivity index (χ2n) is 3.58. The monoisotopic (exact) mass is 326 g/mol. The largest absolute Gasteiger partial charge is 0.416 e. The predicted octanol–water partition coefficient (Wildman–Crippen LogP) is 3.96. The van der Waals surface area contributed by atoms with E-state index in [2.05, 4.69) is 0 Å². The van der Waals surface area contributed by atoms with Gasteiger partial charge in [-0.3, -0.25) is 0 Å². The van der Waals surface area contributed by atoms with Crippen molar-refractivity contribution in [3.8, 4) is 0 Å². The molecule has 0 aromatic heterocycles. The van der Waals surface area contributed by atoms with E-state index in [4.69, 9.17) is 10.7 Å². The molecular weight excluding hydrogens is 322 g/mol. The van der Waals surface area contributed by atoms with E-state index in [0.29, 0.717) is 6.92 Å². The van der Waals surface area contributed by atoms with Gasteiger partial charge >= 0.3 is 12.4 Å². The molecule has 10 heteroatoms. The summed E-state index contributed by atoms with van der Waals surface area (Å²) in [5, 5.41) is 0. The molecule has 0 bridgehead atoms. The van der Waals surface area contributed by atoms with Crippen molar-refractivity contribution < 1.29 is 34.8 Å². The Morgan fingerprint density at radius 1 is 0.947 bits per heavy atom. The SMILES string of the molecule is Cc1c(C(F)(F)F)cc(S(=O)(=O)Cl)cc1C(F)(F)F. The van der Waals surface area contributed by atoms with Crippen molar-refractivity contribution in [3.63, 3.8) is 0 Å². The first kappa shape index (κ1) is 16.1. The molecule has 0 unspecified atom stereocenters. The van der Waals surface area contributed by atoms with Crippen LogP contribution in [0, 0.1) is 6.92 Å². The van der Waals surface area contributed by atoms with Gasteiger partial charge in [-0.25, -0.2) is 8.42 Å². The maximum absolute atomic E-state index is 12.6. The third-order valence-electron chi connectivity index (χ3n) is 2.27. The molecule has 1 rings (SSSR count). The predicted molar refractivity (Wildman–Crippen MR) is 54.2 cm³/mol. The maximum Gasteiger partial charge on any atom is 0.416 e. The minimum atomic E-state index is -5.12. The molecule has 0 heterocycles. The number of alkyl halides is 6. The quantitative estimate of drug-likeness (QED) is 0.578. The standard InChI is InChI=1S/C9H5ClF6O2S/c1-4-6(8(11,12)13)2-5(19(10,17)18)3-7(4)9(14,15)16/h2-3H,1H3. The van der Waals surface area contributed by atoms with E-state index < -0.39 is 43.0 Å². The highest BCUT2D eigenvalue weighted by Crippen LogP contribution is 2.41. The van der Waals surface area contributed by atoms with Crippen molar-refractivity contribution in [2.45, 2.75) is 24.2 Å². The summed E-state index contributed by atoms with van der Waals surface area (Å²) in [7, 11) is 0.0796. The summed E-state index contributed by atoms with van der Waals surface area (Å²) in [6, 6.07) is 0.153. The van der Waals surface area contributed by atoms with E-state index in [9.17, 15) is 34.8 Å². The average Bonchev–Trinajstić information content (AvgIpc) is 2.11. The Morgan fingerprint density at radius 3 is 1.47 bits per heavy atom. The lowest BCUT2D eigenvalue weighted by molar-refractivity contribution is -0.144. The van der Waals surface area contributed by atoms with Gasteiger partial charge in [0.2, 0.25) is 0 Å². The highest BCUT2D eigenvalue weighted by molar-refractivity contribution is 8.13. The topological polar surface area (TPSA) is 34.1 Å². The summed E-state index contributed by atoms with van der Waals surface area (Å²) < 4.78 is 97.3. The molecule has 0 N–H and O–H groups in total. The number of hydrogen-bond acceptors (Lipinski definition) is 2. The molecule has 0 saturated heterocycles. The summed E-state index contributed by atoms with van der Waals surface area (Å²) in [5.41, 5.74) is -4.49. The zero-order valence-corrected chi connectivity index (χ0v) is 10.6. The highest BCUT2D eigenvalue weighted by Gasteiger charge is 2.40. The Bertz CT molecular complexity index is 567. The van der Waals surface area contributed by atoms with Gasteiger partial charge in [-0.05, 0) is 24.6 Å². The minimum Gasteiger partial charge on any atom is -0.207 e. The Balaban J connectivity index is 3.78. The molecule has 0 amide bonds. The first-order valence-corrected chi connectivity index (χ1v) is 6.79. The van der Waals surface area contributed by atoms with Crippen molar-refractivity contribution in [1.82, 2.24) is 0 Å². The highest BCUT2D eigenvalue weighted by atomic mass is 35.7. The lowest BCUT2D eigenvalue weighted by Crippen LogP contribution is -2.16. The number of benzene rings is 1. The van der Waals surface area contributed by atoms with E-state index in [1.165, 1.54) is 0 Å². The Hall–Kier alpha value is -0.960. The second kappa shape index (κ2) is 4.55. The van der Waals surface area contributed by atoms with Gasteiger partial charge in [0.05, 0.1) is 16.0 Å². The molecule has 0 aliphatic heterocycles. The van der Waals surface area contributed by atoms with E-state index in [1.807, 2.05) is 0 Å². The van der Waals surface area contributed by atoms with Crippen LogP contribution in [0.5, 0.6) is 0 Å². The molecule has 1 aromatic rings. The van der Waals surface area contributed by atoms with Crippen LogP contribution < -0.4 is 0 Å². The second-order valence-corrected chi connectivity index (χ2v) is 6.14. The summed E-state index contributed by atoms with van der Waals surface area (Å²) in [4.78, 5) is -1.25. The lowest BCUT2D eigenvalue weighted by atomic mass is 10.0. The van der Waals surface area contributed by atoms with E-state index in [1.54, 1.807) is 0 Å². The van der Waals surface area contributed by atoms with Gasteiger partial charge in [-0.2, -0.15) is 26.3 Å². The zero-order chi connectivity index (χ0) is 15.2. The fourth-order valence-electron chi connectivity index (χ4n) is 1.42. The van der Waals surface area contributed by atoms with Gasteiger partial charge < -0.3 is 0 Å². The fraction of sp³-hybridized carbons (Fsp3) is 0.333. The van der Waals surface area contributed by atoms with Crippen LogP contribution in [-0.2, 0) is 21.4 Å². The molecule has 0 fully saturated rings. The molecule has 0 saturated carbocycles. The molecule has 19 heavy (non-hydrogen) atoms. The molecule has 0 atom stereocenters. The summed E-state index contributed by atoms with van der Waals surface area (Å²) >= 11 is 0. The van der Waals surface area contributed by atoms with Gasteiger partial charge in [0, 0.05) is 10.7 Å². The summed E-state index contributed by atoms with van der Waals surface area (Å²) in [6.07, 6.45) is -10.2. The normalized spacial score (nSPS) is 13.7.